The molecule has 0 spiro atoms. The molecule has 3 rings (SSSR count). The van der Waals surface area contributed by atoms with Crippen LogP contribution in [-0.2, 0) is 9.59 Å². The molecule has 0 saturated carbocycles. The first-order chi connectivity index (χ1) is 10.6. The van der Waals surface area contributed by atoms with E-state index in [2.05, 4.69) is 34.5 Å². The number of rotatable bonds is 3. The van der Waals surface area contributed by atoms with Gasteiger partial charge in [-0.1, -0.05) is 6.07 Å². The van der Waals surface area contributed by atoms with Crippen LogP contribution in [0.4, 0.5) is 5.69 Å². The second-order valence-electron chi connectivity index (χ2n) is 5.48. The molecule has 0 aliphatic carbocycles. The maximum Gasteiger partial charge on any atom is 0.315 e. The van der Waals surface area contributed by atoms with Crippen molar-refractivity contribution < 1.29 is 14.7 Å². The largest absolute Gasteiger partial charge is 0.481 e. The van der Waals surface area contributed by atoms with Crippen molar-refractivity contribution in [2.24, 2.45) is 5.92 Å². The molecule has 1 saturated heterocycles. The van der Waals surface area contributed by atoms with E-state index in [-0.39, 0.29) is 5.91 Å². The molecule has 2 heterocycles. The smallest absolute Gasteiger partial charge is 0.315 e. The Labute approximate surface area is 132 Å². The van der Waals surface area contributed by atoms with Crippen LogP contribution in [0.15, 0.2) is 29.6 Å². The number of carbonyl (C=O) groups is 2. The third-order valence-corrected chi connectivity index (χ3v) is 5.03. The summed E-state index contributed by atoms with van der Waals surface area (Å²) in [4.78, 5) is 26.9. The fourth-order valence-corrected chi connectivity index (χ4v) is 3.61. The fraction of sp³-hybridized carbons (Fsp3) is 0.375. The summed E-state index contributed by atoms with van der Waals surface area (Å²) >= 11 is 1.72. The molecule has 0 bridgehead atoms. The zero-order chi connectivity index (χ0) is 15.7. The van der Waals surface area contributed by atoms with Gasteiger partial charge in [0.05, 0.1) is 0 Å². The van der Waals surface area contributed by atoms with Gasteiger partial charge in [0.25, 0.3) is 0 Å². The van der Waals surface area contributed by atoms with Gasteiger partial charge < -0.3 is 14.9 Å². The molecule has 1 unspecified atom stereocenters. The van der Waals surface area contributed by atoms with Gasteiger partial charge in [0, 0.05) is 42.0 Å². The number of fused-ring (bicyclic) bond motifs is 1. The number of aliphatic carboxylic acids is 1. The van der Waals surface area contributed by atoms with Gasteiger partial charge in [0.2, 0.25) is 5.91 Å². The number of benzene rings is 1. The van der Waals surface area contributed by atoms with Crippen molar-refractivity contribution in [2.75, 3.05) is 31.1 Å². The van der Waals surface area contributed by atoms with Crippen LogP contribution in [-0.4, -0.2) is 48.1 Å². The average Bonchev–Trinajstić information content (AvgIpc) is 3.02. The maximum atomic E-state index is 12.1. The van der Waals surface area contributed by atoms with Gasteiger partial charge in [0.1, 0.15) is 5.92 Å². The van der Waals surface area contributed by atoms with Crippen LogP contribution in [0.5, 0.6) is 0 Å². The standard InChI is InChI=1S/C16H18N2O3S/c1-11(16(20)21)15(19)18-8-6-17(7-9-18)13-3-2-4-14-12(13)5-10-22-14/h2-5,10-11H,6-9H2,1H3,(H,20,21). The Bertz CT molecular complexity index is 704. The molecule has 1 amide bonds. The van der Waals surface area contributed by atoms with E-state index in [0.29, 0.717) is 13.1 Å². The van der Waals surface area contributed by atoms with Crippen molar-refractivity contribution in [3.63, 3.8) is 0 Å². The van der Waals surface area contributed by atoms with E-state index in [0.717, 1.165) is 13.1 Å². The quantitative estimate of drug-likeness (QED) is 0.882. The number of hydrogen-bond acceptors (Lipinski definition) is 4. The summed E-state index contributed by atoms with van der Waals surface area (Å²) in [5, 5.41) is 12.3. The molecular formula is C16H18N2O3S. The Kier molecular flexibility index (Phi) is 4.02. The van der Waals surface area contributed by atoms with Gasteiger partial charge in [0.15, 0.2) is 0 Å². The Hall–Kier alpha value is -2.08. The van der Waals surface area contributed by atoms with Crippen LogP contribution in [0, 0.1) is 5.92 Å². The lowest BCUT2D eigenvalue weighted by Gasteiger charge is -2.37. The van der Waals surface area contributed by atoms with E-state index in [1.807, 2.05) is 0 Å². The van der Waals surface area contributed by atoms with Crippen molar-refractivity contribution in [3.8, 4) is 0 Å². The summed E-state index contributed by atoms with van der Waals surface area (Å²) in [5.41, 5.74) is 1.19. The second kappa shape index (κ2) is 5.96. The maximum absolute atomic E-state index is 12.1. The number of carboxylic acids is 1. The first kappa shape index (κ1) is 14.8. The summed E-state index contributed by atoms with van der Waals surface area (Å²) in [6.45, 7) is 4.04. The lowest BCUT2D eigenvalue weighted by molar-refractivity contribution is -0.150. The molecule has 116 valence electrons. The van der Waals surface area contributed by atoms with E-state index in [9.17, 15) is 9.59 Å². The second-order valence-corrected chi connectivity index (χ2v) is 6.43. The molecule has 1 fully saturated rings. The first-order valence-electron chi connectivity index (χ1n) is 7.30. The summed E-state index contributed by atoms with van der Waals surface area (Å²) < 4.78 is 1.26. The summed E-state index contributed by atoms with van der Waals surface area (Å²) in [5.74, 6) is -2.32. The SMILES string of the molecule is CC(C(=O)O)C(=O)N1CCN(c2cccc3sccc23)CC1. The van der Waals surface area contributed by atoms with Crippen molar-refractivity contribution in [3.05, 3.63) is 29.6 Å². The van der Waals surface area contributed by atoms with Gasteiger partial charge >= 0.3 is 5.97 Å². The van der Waals surface area contributed by atoms with E-state index in [1.165, 1.54) is 22.7 Å². The van der Waals surface area contributed by atoms with Crippen molar-refractivity contribution in [1.29, 1.82) is 0 Å². The summed E-state index contributed by atoms with van der Waals surface area (Å²) in [6.07, 6.45) is 0. The molecule has 22 heavy (non-hydrogen) atoms. The molecule has 1 atom stereocenters. The van der Waals surface area contributed by atoms with Gasteiger partial charge in [-0.25, -0.2) is 0 Å². The third kappa shape index (κ3) is 2.66. The van der Waals surface area contributed by atoms with Gasteiger partial charge in [-0.3, -0.25) is 9.59 Å². The predicted molar refractivity (Wildman–Crippen MR) is 87.4 cm³/mol. The average molecular weight is 318 g/mol. The number of hydrogen-bond donors (Lipinski definition) is 1. The molecule has 5 nitrogen and oxygen atoms in total. The Morgan fingerprint density at radius 2 is 1.91 bits per heavy atom. The highest BCUT2D eigenvalue weighted by molar-refractivity contribution is 7.17. The monoisotopic (exact) mass is 318 g/mol. The zero-order valence-corrected chi connectivity index (χ0v) is 13.2. The highest BCUT2D eigenvalue weighted by Gasteiger charge is 2.29. The minimum Gasteiger partial charge on any atom is -0.481 e. The van der Waals surface area contributed by atoms with Gasteiger partial charge in [-0.2, -0.15) is 0 Å². The molecule has 1 aromatic carbocycles. The number of amides is 1. The molecule has 2 aromatic rings. The van der Waals surface area contributed by atoms with Crippen LogP contribution in [0.1, 0.15) is 6.92 Å². The van der Waals surface area contributed by atoms with Crippen LogP contribution in [0.25, 0.3) is 10.1 Å². The topological polar surface area (TPSA) is 60.9 Å². The predicted octanol–water partition coefficient (Wildman–Crippen LogP) is 2.27. The third-order valence-electron chi connectivity index (χ3n) is 4.15. The molecule has 1 aliphatic rings. The lowest BCUT2D eigenvalue weighted by atomic mass is 10.1. The molecule has 1 aromatic heterocycles. The molecule has 0 radical (unpaired) electrons. The minimum atomic E-state index is -1.06. The Morgan fingerprint density at radius 3 is 2.59 bits per heavy atom. The van der Waals surface area contributed by atoms with Crippen molar-refractivity contribution >= 4 is 39.0 Å². The minimum absolute atomic E-state index is 0.291. The van der Waals surface area contributed by atoms with Crippen molar-refractivity contribution in [1.82, 2.24) is 4.90 Å². The van der Waals surface area contributed by atoms with Crippen LogP contribution in [0.3, 0.4) is 0 Å². The molecule has 1 N–H and O–H groups in total. The van der Waals surface area contributed by atoms with E-state index < -0.39 is 11.9 Å². The van der Waals surface area contributed by atoms with Crippen LogP contribution in [0.2, 0.25) is 0 Å². The number of anilines is 1. The number of carboxylic acid groups (broad SMARTS) is 1. The lowest BCUT2D eigenvalue weighted by Crippen LogP contribution is -2.51. The number of thiophene rings is 1. The summed E-state index contributed by atoms with van der Waals surface area (Å²) in [7, 11) is 0. The van der Waals surface area contributed by atoms with Gasteiger partial charge in [-0.15, -0.1) is 11.3 Å². The molecule has 1 aliphatic heterocycles. The Balaban J connectivity index is 1.71. The molecular weight excluding hydrogens is 300 g/mol. The highest BCUT2D eigenvalue weighted by atomic mass is 32.1. The van der Waals surface area contributed by atoms with Crippen LogP contribution < -0.4 is 4.90 Å². The van der Waals surface area contributed by atoms with Crippen molar-refractivity contribution in [2.45, 2.75) is 6.92 Å². The summed E-state index contributed by atoms with van der Waals surface area (Å²) in [6, 6.07) is 8.39. The van der Waals surface area contributed by atoms with Crippen LogP contribution >= 0.6 is 11.3 Å². The van der Waals surface area contributed by atoms with E-state index >= 15 is 0 Å². The zero-order valence-electron chi connectivity index (χ0n) is 12.4. The fourth-order valence-electron chi connectivity index (χ4n) is 2.80. The normalized spacial score (nSPS) is 16.8. The number of nitrogens with zero attached hydrogens (tertiary/aromatic N) is 2. The first-order valence-corrected chi connectivity index (χ1v) is 8.18. The molecule has 6 heteroatoms. The van der Waals surface area contributed by atoms with Gasteiger partial charge in [-0.05, 0) is 30.5 Å². The van der Waals surface area contributed by atoms with E-state index in [1.54, 1.807) is 16.2 Å². The Morgan fingerprint density at radius 1 is 1.18 bits per heavy atom. The number of piperazine rings is 1. The van der Waals surface area contributed by atoms with E-state index in [4.69, 9.17) is 5.11 Å². The number of carbonyl (C=O) groups excluding carboxylic acids is 1. The highest BCUT2D eigenvalue weighted by Crippen LogP contribution is 2.31.